The van der Waals surface area contributed by atoms with Crippen molar-refractivity contribution in [3.63, 3.8) is 0 Å². The summed E-state index contributed by atoms with van der Waals surface area (Å²) in [4.78, 5) is 15.6. The van der Waals surface area contributed by atoms with Gasteiger partial charge in [-0.3, -0.25) is 9.69 Å². The number of methoxy groups -OCH3 is 1. The predicted molar refractivity (Wildman–Crippen MR) is 130 cm³/mol. The van der Waals surface area contributed by atoms with Crippen molar-refractivity contribution in [1.82, 2.24) is 20.0 Å². The van der Waals surface area contributed by atoms with Crippen LogP contribution in [0.15, 0.2) is 77.4 Å². The fourth-order valence-corrected chi connectivity index (χ4v) is 4.41. The number of hydrogen-bond acceptors (Lipinski definition) is 5. The molecule has 1 amide bonds. The van der Waals surface area contributed by atoms with Gasteiger partial charge in [-0.25, -0.2) is 9.07 Å². The summed E-state index contributed by atoms with van der Waals surface area (Å²) in [5, 5.41) is 7.81. The first-order chi connectivity index (χ1) is 17.1. The number of amides is 1. The lowest BCUT2D eigenvalue weighted by molar-refractivity contribution is 0.0901. The molecule has 1 N–H and O–H groups in total. The highest BCUT2D eigenvalue weighted by Gasteiger charge is 2.24. The third-order valence-corrected chi connectivity index (χ3v) is 6.26. The Morgan fingerprint density at radius 1 is 1.11 bits per heavy atom. The zero-order valence-electron chi connectivity index (χ0n) is 19.5. The van der Waals surface area contributed by atoms with Crippen LogP contribution in [0.4, 0.5) is 4.39 Å². The lowest BCUT2D eigenvalue weighted by atomic mass is 10.0. The third kappa shape index (κ3) is 5.12. The van der Waals surface area contributed by atoms with Crippen molar-refractivity contribution in [2.75, 3.05) is 20.2 Å². The highest BCUT2D eigenvalue weighted by atomic mass is 19.1. The average molecular weight is 475 g/mol. The van der Waals surface area contributed by atoms with Gasteiger partial charge in [0.1, 0.15) is 11.4 Å². The Morgan fingerprint density at radius 3 is 2.60 bits per heavy atom. The number of hydrogen-bond donors (Lipinski definition) is 1. The molecule has 8 heteroatoms. The highest BCUT2D eigenvalue weighted by molar-refractivity contribution is 5.94. The molecule has 0 bridgehead atoms. The van der Waals surface area contributed by atoms with Crippen molar-refractivity contribution in [3.8, 4) is 22.9 Å². The van der Waals surface area contributed by atoms with E-state index < -0.39 is 0 Å². The van der Waals surface area contributed by atoms with Gasteiger partial charge in [0.05, 0.1) is 19.1 Å². The number of nitrogens with one attached hydrogen (secondary N) is 1. The summed E-state index contributed by atoms with van der Waals surface area (Å²) in [7, 11) is 1.46. The van der Waals surface area contributed by atoms with Gasteiger partial charge in [0.25, 0.3) is 5.91 Å². The van der Waals surface area contributed by atoms with Gasteiger partial charge in [-0.15, -0.1) is 0 Å². The molecular formula is C27H27FN4O3. The van der Waals surface area contributed by atoms with Crippen LogP contribution in [-0.4, -0.2) is 46.8 Å². The molecule has 1 aliphatic heterocycles. The van der Waals surface area contributed by atoms with E-state index in [2.05, 4.69) is 15.3 Å². The van der Waals surface area contributed by atoms with Crippen LogP contribution in [0, 0.1) is 5.82 Å². The molecule has 4 aromatic rings. The molecule has 0 spiro atoms. The summed E-state index contributed by atoms with van der Waals surface area (Å²) >= 11 is 0. The van der Waals surface area contributed by atoms with Crippen molar-refractivity contribution < 1.29 is 18.3 Å². The number of furan rings is 1. The average Bonchev–Trinajstić information content (AvgIpc) is 3.56. The summed E-state index contributed by atoms with van der Waals surface area (Å²) in [6, 6.07) is 20.1. The van der Waals surface area contributed by atoms with E-state index in [9.17, 15) is 9.18 Å². The summed E-state index contributed by atoms with van der Waals surface area (Å²) in [6.07, 6.45) is 3.22. The summed E-state index contributed by atoms with van der Waals surface area (Å²) in [5.74, 6) is 0.336. The molecule has 0 atom stereocenters. The first-order valence-corrected chi connectivity index (χ1v) is 11.7. The molecule has 2 aromatic heterocycles. The largest absolute Gasteiger partial charge is 0.494 e. The zero-order valence-corrected chi connectivity index (χ0v) is 19.5. The van der Waals surface area contributed by atoms with Gasteiger partial charge >= 0.3 is 0 Å². The van der Waals surface area contributed by atoms with E-state index in [0.29, 0.717) is 23.7 Å². The molecule has 1 saturated heterocycles. The van der Waals surface area contributed by atoms with Crippen molar-refractivity contribution in [1.29, 1.82) is 0 Å². The highest BCUT2D eigenvalue weighted by Crippen LogP contribution is 2.23. The quantitative estimate of drug-likeness (QED) is 0.421. The number of carbonyl (C=O) groups excluding carboxylic acids is 1. The standard InChI is InChI=1S/C27H27FN4O3/c1-34-25-10-9-19(16-22(25)28)18-31-13-11-20(12-14-31)29-27(33)24-17-23(26-8-5-15-35-26)30-32(24)21-6-3-2-4-7-21/h2-10,15-17,20H,11-14,18H2,1H3,(H,29,33). The molecule has 180 valence electrons. The second kappa shape index (κ2) is 10.1. The van der Waals surface area contributed by atoms with Crippen molar-refractivity contribution in [2.45, 2.75) is 25.4 Å². The lowest BCUT2D eigenvalue weighted by Crippen LogP contribution is -2.44. The van der Waals surface area contributed by atoms with Crippen LogP contribution >= 0.6 is 0 Å². The van der Waals surface area contributed by atoms with Gasteiger partial charge in [0, 0.05) is 31.7 Å². The molecule has 3 heterocycles. The molecule has 1 fully saturated rings. The first-order valence-electron chi connectivity index (χ1n) is 11.7. The van der Waals surface area contributed by atoms with Gasteiger partial charge in [-0.1, -0.05) is 24.3 Å². The summed E-state index contributed by atoms with van der Waals surface area (Å²) in [5.41, 5.74) is 2.77. The number of piperidine rings is 1. The van der Waals surface area contributed by atoms with E-state index in [0.717, 1.165) is 37.2 Å². The monoisotopic (exact) mass is 474 g/mol. The van der Waals surface area contributed by atoms with E-state index >= 15 is 0 Å². The minimum Gasteiger partial charge on any atom is -0.494 e. The van der Waals surface area contributed by atoms with Crippen LogP contribution in [0.2, 0.25) is 0 Å². The number of rotatable bonds is 7. The first kappa shape index (κ1) is 22.9. The van der Waals surface area contributed by atoms with Gasteiger partial charge in [0.2, 0.25) is 0 Å². The number of halogens is 1. The molecule has 5 rings (SSSR count). The Labute approximate surface area is 203 Å². The smallest absolute Gasteiger partial charge is 0.270 e. The Bertz CT molecular complexity index is 1280. The Hall–Kier alpha value is -3.91. The van der Waals surface area contributed by atoms with Gasteiger partial charge in [-0.05, 0) is 54.8 Å². The second-order valence-electron chi connectivity index (χ2n) is 8.63. The van der Waals surface area contributed by atoms with Crippen LogP contribution in [0.3, 0.4) is 0 Å². The molecule has 1 aliphatic rings. The number of ether oxygens (including phenoxy) is 1. The minimum absolute atomic E-state index is 0.0533. The van der Waals surface area contributed by atoms with Gasteiger partial charge < -0.3 is 14.5 Å². The SMILES string of the molecule is COc1ccc(CN2CCC(NC(=O)c3cc(-c4ccco4)nn3-c3ccccc3)CC2)cc1F. The lowest BCUT2D eigenvalue weighted by Gasteiger charge is -2.32. The summed E-state index contributed by atoms with van der Waals surface area (Å²) in [6.45, 7) is 2.29. The number of nitrogens with zero attached hydrogens (tertiary/aromatic N) is 3. The fraction of sp³-hybridized carbons (Fsp3) is 0.259. The summed E-state index contributed by atoms with van der Waals surface area (Å²) < 4.78 is 26.2. The van der Waals surface area contributed by atoms with Crippen LogP contribution in [0.25, 0.3) is 17.1 Å². The topological polar surface area (TPSA) is 72.5 Å². The van der Waals surface area contributed by atoms with Gasteiger partial charge in [-0.2, -0.15) is 5.10 Å². The van der Waals surface area contributed by atoms with E-state index in [-0.39, 0.29) is 23.5 Å². The Kier molecular flexibility index (Phi) is 6.63. The number of benzene rings is 2. The van der Waals surface area contributed by atoms with Crippen molar-refractivity contribution >= 4 is 5.91 Å². The molecule has 0 saturated carbocycles. The number of para-hydroxylation sites is 1. The van der Waals surface area contributed by atoms with E-state index in [1.54, 1.807) is 29.1 Å². The maximum atomic E-state index is 14.0. The number of aromatic nitrogens is 2. The molecule has 0 unspecified atom stereocenters. The molecule has 7 nitrogen and oxygen atoms in total. The van der Waals surface area contributed by atoms with Crippen LogP contribution in [0.5, 0.6) is 5.75 Å². The number of likely N-dealkylation sites (tertiary alicyclic amines) is 1. The third-order valence-electron chi connectivity index (χ3n) is 6.26. The Morgan fingerprint density at radius 2 is 1.91 bits per heavy atom. The number of carbonyl (C=O) groups is 1. The Balaban J connectivity index is 1.25. The fourth-order valence-electron chi connectivity index (χ4n) is 4.41. The van der Waals surface area contributed by atoms with E-state index in [1.807, 2.05) is 42.5 Å². The van der Waals surface area contributed by atoms with Crippen LogP contribution < -0.4 is 10.1 Å². The second-order valence-corrected chi connectivity index (χ2v) is 8.63. The van der Waals surface area contributed by atoms with E-state index in [1.165, 1.54) is 13.2 Å². The maximum absolute atomic E-state index is 14.0. The molecule has 0 aliphatic carbocycles. The normalized spacial score (nSPS) is 14.7. The predicted octanol–water partition coefficient (Wildman–Crippen LogP) is 4.67. The molecule has 2 aromatic carbocycles. The molecular weight excluding hydrogens is 447 g/mol. The molecule has 0 radical (unpaired) electrons. The van der Waals surface area contributed by atoms with E-state index in [4.69, 9.17) is 9.15 Å². The van der Waals surface area contributed by atoms with Gasteiger partial charge in [0.15, 0.2) is 17.3 Å². The van der Waals surface area contributed by atoms with Crippen LogP contribution in [0.1, 0.15) is 28.9 Å². The zero-order chi connectivity index (χ0) is 24.2. The van der Waals surface area contributed by atoms with Crippen LogP contribution in [-0.2, 0) is 6.54 Å². The maximum Gasteiger partial charge on any atom is 0.270 e. The van der Waals surface area contributed by atoms with Crippen molar-refractivity contribution in [2.24, 2.45) is 0 Å². The molecule has 35 heavy (non-hydrogen) atoms. The minimum atomic E-state index is -0.351. The van der Waals surface area contributed by atoms with Crippen molar-refractivity contribution in [3.05, 3.63) is 90.1 Å².